The third-order valence-electron chi connectivity index (χ3n) is 1.10. The van der Waals surface area contributed by atoms with Crippen molar-refractivity contribution in [3.8, 4) is 0 Å². The summed E-state index contributed by atoms with van der Waals surface area (Å²) >= 11 is 3.80. The molecule has 0 N–H and O–H groups in total. The SMILES string of the molecule is CCCCC(S)C(=O)[O-].[Na+]. The van der Waals surface area contributed by atoms with E-state index in [0.29, 0.717) is 6.42 Å². The molecule has 1 atom stereocenters. The minimum Gasteiger partial charge on any atom is -0.549 e. The summed E-state index contributed by atoms with van der Waals surface area (Å²) in [5.74, 6) is -1.06. The molecule has 4 heteroatoms. The van der Waals surface area contributed by atoms with E-state index in [1.54, 1.807) is 0 Å². The molecule has 0 rings (SSSR count). The van der Waals surface area contributed by atoms with Crippen LogP contribution in [0.5, 0.6) is 0 Å². The summed E-state index contributed by atoms with van der Waals surface area (Å²) < 4.78 is 0. The van der Waals surface area contributed by atoms with Crippen LogP contribution in [0, 0.1) is 0 Å². The van der Waals surface area contributed by atoms with E-state index < -0.39 is 11.2 Å². The molecule has 0 heterocycles. The predicted molar refractivity (Wildman–Crippen MR) is 37.3 cm³/mol. The molecule has 1 unspecified atom stereocenters. The van der Waals surface area contributed by atoms with Gasteiger partial charge in [-0.05, 0) is 6.42 Å². The van der Waals surface area contributed by atoms with Gasteiger partial charge in [0.05, 0.1) is 5.97 Å². The van der Waals surface area contributed by atoms with Crippen LogP contribution in [0.4, 0.5) is 0 Å². The molecule has 0 bridgehead atoms. The van der Waals surface area contributed by atoms with Crippen LogP contribution in [-0.4, -0.2) is 11.2 Å². The van der Waals surface area contributed by atoms with Crippen LogP contribution in [-0.2, 0) is 4.79 Å². The number of carbonyl (C=O) groups is 1. The zero-order valence-electron chi connectivity index (χ0n) is 6.46. The maximum Gasteiger partial charge on any atom is 1.00 e. The largest absolute Gasteiger partial charge is 1.00 e. The Morgan fingerprint density at radius 3 is 2.50 bits per heavy atom. The van der Waals surface area contributed by atoms with Crippen LogP contribution in [0.25, 0.3) is 0 Å². The normalized spacial score (nSPS) is 11.8. The molecular weight excluding hydrogens is 159 g/mol. The van der Waals surface area contributed by atoms with Gasteiger partial charge in [0.15, 0.2) is 0 Å². The fraction of sp³-hybridized carbons (Fsp3) is 0.833. The van der Waals surface area contributed by atoms with E-state index in [1.165, 1.54) is 0 Å². The van der Waals surface area contributed by atoms with Gasteiger partial charge < -0.3 is 9.90 Å². The zero-order chi connectivity index (χ0) is 7.28. The average molecular weight is 170 g/mol. The first-order valence-electron chi connectivity index (χ1n) is 3.07. The second kappa shape index (κ2) is 7.92. The maximum atomic E-state index is 10.0. The summed E-state index contributed by atoms with van der Waals surface area (Å²) in [4.78, 5) is 10.0. The molecule has 0 aromatic carbocycles. The van der Waals surface area contributed by atoms with Crippen molar-refractivity contribution in [2.75, 3.05) is 0 Å². The molecule has 0 saturated heterocycles. The summed E-state index contributed by atoms with van der Waals surface area (Å²) in [5.41, 5.74) is 0. The molecule has 2 nitrogen and oxygen atoms in total. The Labute approximate surface area is 89.1 Å². The molecule has 54 valence electrons. The molecule has 0 aliphatic heterocycles. The molecule has 0 aliphatic rings. The van der Waals surface area contributed by atoms with Crippen molar-refractivity contribution in [2.24, 2.45) is 0 Å². The number of carbonyl (C=O) groups excluding carboxylic acids is 1. The van der Waals surface area contributed by atoms with Crippen LogP contribution >= 0.6 is 12.6 Å². The summed E-state index contributed by atoms with van der Waals surface area (Å²) in [6.45, 7) is 2.01. The molecule has 0 aliphatic carbocycles. The van der Waals surface area contributed by atoms with E-state index in [0.717, 1.165) is 12.8 Å². The van der Waals surface area contributed by atoms with Gasteiger partial charge in [0.2, 0.25) is 0 Å². The monoisotopic (exact) mass is 170 g/mol. The van der Waals surface area contributed by atoms with Crippen LogP contribution in [0.1, 0.15) is 26.2 Å². The van der Waals surface area contributed by atoms with Gasteiger partial charge in [0, 0.05) is 5.25 Å². The minimum atomic E-state index is -1.06. The van der Waals surface area contributed by atoms with Gasteiger partial charge in [-0.1, -0.05) is 19.8 Å². The van der Waals surface area contributed by atoms with Crippen molar-refractivity contribution in [3.63, 3.8) is 0 Å². The van der Waals surface area contributed by atoms with E-state index in [1.807, 2.05) is 6.92 Å². The van der Waals surface area contributed by atoms with Crippen LogP contribution in [0.2, 0.25) is 0 Å². The first kappa shape index (κ1) is 13.4. The molecule has 0 aromatic heterocycles. The molecule has 0 spiro atoms. The first-order chi connectivity index (χ1) is 4.18. The summed E-state index contributed by atoms with van der Waals surface area (Å²) in [7, 11) is 0. The van der Waals surface area contributed by atoms with E-state index >= 15 is 0 Å². The molecule has 0 fully saturated rings. The van der Waals surface area contributed by atoms with Crippen LogP contribution < -0.4 is 34.7 Å². The maximum absolute atomic E-state index is 10.0. The smallest absolute Gasteiger partial charge is 0.549 e. The van der Waals surface area contributed by atoms with Crippen molar-refractivity contribution in [1.29, 1.82) is 0 Å². The Balaban J connectivity index is 0. The number of hydrogen-bond acceptors (Lipinski definition) is 3. The van der Waals surface area contributed by atoms with Crippen LogP contribution in [0.3, 0.4) is 0 Å². The Bertz CT molecular complexity index is 97.7. The Kier molecular flexibility index (Phi) is 10.6. The van der Waals surface area contributed by atoms with E-state index in [2.05, 4.69) is 12.6 Å². The molecule has 10 heavy (non-hydrogen) atoms. The summed E-state index contributed by atoms with van der Waals surface area (Å²) in [5, 5.41) is 9.44. The third kappa shape index (κ3) is 6.93. The Morgan fingerprint density at radius 2 is 2.20 bits per heavy atom. The summed E-state index contributed by atoms with van der Waals surface area (Å²) in [6, 6.07) is 0. The van der Waals surface area contributed by atoms with Crippen molar-refractivity contribution in [1.82, 2.24) is 0 Å². The molecule has 0 amide bonds. The van der Waals surface area contributed by atoms with Gasteiger partial charge in [0.25, 0.3) is 0 Å². The number of hydrogen-bond donors (Lipinski definition) is 1. The number of rotatable bonds is 4. The average Bonchev–Trinajstić information content (AvgIpc) is 1.82. The van der Waals surface area contributed by atoms with Gasteiger partial charge in [-0.15, -0.1) is 0 Å². The van der Waals surface area contributed by atoms with E-state index in [-0.39, 0.29) is 29.6 Å². The standard InChI is InChI=1S/C6H12O2S.Na/c1-2-3-4-5(9)6(7)8;/h5,9H,2-4H2,1H3,(H,7,8);/q;+1/p-1. The summed E-state index contributed by atoms with van der Waals surface area (Å²) in [6.07, 6.45) is 2.52. The number of thiol groups is 1. The minimum absolute atomic E-state index is 0. The van der Waals surface area contributed by atoms with Crippen molar-refractivity contribution >= 4 is 18.6 Å². The second-order valence-electron chi connectivity index (χ2n) is 1.98. The fourth-order valence-electron chi connectivity index (χ4n) is 0.515. The van der Waals surface area contributed by atoms with Gasteiger partial charge in [0.1, 0.15) is 0 Å². The molecule has 0 saturated carbocycles. The van der Waals surface area contributed by atoms with E-state index in [4.69, 9.17) is 0 Å². The van der Waals surface area contributed by atoms with Gasteiger partial charge in [-0.2, -0.15) is 12.6 Å². The predicted octanol–water partition coefficient (Wildman–Crippen LogP) is -2.77. The van der Waals surface area contributed by atoms with Gasteiger partial charge in [-0.3, -0.25) is 0 Å². The van der Waals surface area contributed by atoms with Crippen LogP contribution in [0.15, 0.2) is 0 Å². The van der Waals surface area contributed by atoms with Crippen molar-refractivity contribution < 1.29 is 39.5 Å². The number of carboxylic acids is 1. The second-order valence-corrected chi connectivity index (χ2v) is 2.60. The quantitative estimate of drug-likeness (QED) is 0.366. The third-order valence-corrected chi connectivity index (χ3v) is 1.57. The first-order valence-corrected chi connectivity index (χ1v) is 3.59. The molecule has 0 radical (unpaired) electrons. The van der Waals surface area contributed by atoms with E-state index in [9.17, 15) is 9.90 Å². The number of carboxylic acid groups (broad SMARTS) is 1. The van der Waals surface area contributed by atoms with Gasteiger partial charge in [-0.25, -0.2) is 0 Å². The Hall–Kier alpha value is 0.820. The van der Waals surface area contributed by atoms with Gasteiger partial charge >= 0.3 is 29.6 Å². The van der Waals surface area contributed by atoms with Crippen molar-refractivity contribution in [2.45, 2.75) is 31.4 Å². The molecule has 0 aromatic rings. The number of unbranched alkanes of at least 4 members (excludes halogenated alkanes) is 1. The topological polar surface area (TPSA) is 40.1 Å². The molecular formula is C6H11NaO2S. The van der Waals surface area contributed by atoms with Crippen molar-refractivity contribution in [3.05, 3.63) is 0 Å². The Morgan fingerprint density at radius 1 is 1.70 bits per heavy atom. The zero-order valence-corrected chi connectivity index (χ0v) is 9.36. The fourth-order valence-corrected chi connectivity index (χ4v) is 0.698. The number of aliphatic carboxylic acids is 1.